The summed E-state index contributed by atoms with van der Waals surface area (Å²) < 4.78 is 30.7. The molecule has 3 N–H and O–H groups in total. The van der Waals surface area contributed by atoms with Crippen LogP contribution in [0.2, 0.25) is 0 Å². The zero-order valence-corrected chi connectivity index (χ0v) is 16.0. The minimum atomic E-state index is -3.20. The summed E-state index contributed by atoms with van der Waals surface area (Å²) in [5, 5.41) is 5.91. The fourth-order valence-corrected chi connectivity index (χ4v) is 2.86. The lowest BCUT2D eigenvalue weighted by Crippen LogP contribution is -2.40. The minimum absolute atomic E-state index is 0.0468. The number of hydrogen-bond acceptors (Lipinski definition) is 5. The van der Waals surface area contributed by atoms with Gasteiger partial charge in [0.2, 0.25) is 10.0 Å². The van der Waals surface area contributed by atoms with Crippen molar-refractivity contribution >= 4 is 16.1 Å². The fraction of sp³-hybridized carbons (Fsp3) is 0.933. The van der Waals surface area contributed by atoms with E-state index in [9.17, 15) is 13.2 Å². The first-order valence-corrected chi connectivity index (χ1v) is 9.77. The Bertz CT molecular complexity index is 444. The van der Waals surface area contributed by atoms with Crippen molar-refractivity contribution in [1.82, 2.24) is 15.4 Å². The molecule has 0 heterocycles. The molecule has 138 valence electrons. The van der Waals surface area contributed by atoms with Gasteiger partial charge >= 0.3 is 6.09 Å². The van der Waals surface area contributed by atoms with Gasteiger partial charge in [0.25, 0.3) is 0 Å². The largest absolute Gasteiger partial charge is 0.444 e. The molecule has 0 aliphatic heterocycles. The number of carbonyl (C=O) groups is 1. The SMILES string of the molecule is CCNS(=O)(=O)CCNCC(CNC(=O)OC(C)(C)C)C(C)C. The molecule has 0 rings (SSSR count). The lowest BCUT2D eigenvalue weighted by atomic mass is 9.96. The predicted octanol–water partition coefficient (Wildman–Crippen LogP) is 1.31. The smallest absolute Gasteiger partial charge is 0.407 e. The average molecular weight is 352 g/mol. The highest BCUT2D eigenvalue weighted by Crippen LogP contribution is 2.10. The van der Waals surface area contributed by atoms with Gasteiger partial charge in [0.05, 0.1) is 5.75 Å². The molecule has 7 nitrogen and oxygen atoms in total. The number of rotatable bonds is 10. The van der Waals surface area contributed by atoms with Crippen LogP contribution in [0.25, 0.3) is 0 Å². The Balaban J connectivity index is 4.16. The molecule has 0 bridgehead atoms. The Hall–Kier alpha value is -0.860. The van der Waals surface area contributed by atoms with Crippen LogP contribution < -0.4 is 15.4 Å². The maximum absolute atomic E-state index is 11.7. The Kier molecular flexibility index (Phi) is 9.72. The summed E-state index contributed by atoms with van der Waals surface area (Å²) in [6, 6.07) is 0. The Labute approximate surface area is 141 Å². The zero-order chi connectivity index (χ0) is 18.1. The maximum atomic E-state index is 11.7. The van der Waals surface area contributed by atoms with Gasteiger partial charge in [-0.25, -0.2) is 17.9 Å². The fourth-order valence-electron chi connectivity index (χ4n) is 1.86. The predicted molar refractivity (Wildman–Crippen MR) is 92.9 cm³/mol. The number of alkyl carbamates (subject to hydrolysis) is 1. The number of ether oxygens (including phenoxy) is 1. The van der Waals surface area contributed by atoms with Crippen LogP contribution in [0, 0.1) is 11.8 Å². The molecule has 0 aliphatic carbocycles. The molecule has 0 radical (unpaired) electrons. The van der Waals surface area contributed by atoms with Crippen LogP contribution in [-0.2, 0) is 14.8 Å². The topological polar surface area (TPSA) is 96.5 Å². The molecular formula is C15H33N3O4S. The van der Waals surface area contributed by atoms with Crippen molar-refractivity contribution in [2.45, 2.75) is 47.1 Å². The second-order valence-corrected chi connectivity index (χ2v) is 8.83. The summed E-state index contributed by atoms with van der Waals surface area (Å²) in [6.45, 7) is 13.2. The van der Waals surface area contributed by atoms with Crippen molar-refractivity contribution in [1.29, 1.82) is 0 Å². The van der Waals surface area contributed by atoms with Crippen molar-refractivity contribution in [3.05, 3.63) is 0 Å². The van der Waals surface area contributed by atoms with E-state index in [1.807, 2.05) is 20.8 Å². The van der Waals surface area contributed by atoms with Crippen LogP contribution in [0.3, 0.4) is 0 Å². The third kappa shape index (κ3) is 12.3. The molecule has 23 heavy (non-hydrogen) atoms. The summed E-state index contributed by atoms with van der Waals surface area (Å²) >= 11 is 0. The molecule has 1 atom stereocenters. The molecule has 0 aromatic heterocycles. The molecule has 1 unspecified atom stereocenters. The van der Waals surface area contributed by atoms with Crippen LogP contribution >= 0.6 is 0 Å². The number of carbonyl (C=O) groups excluding carboxylic acids is 1. The lowest BCUT2D eigenvalue weighted by molar-refractivity contribution is 0.0515. The zero-order valence-electron chi connectivity index (χ0n) is 15.2. The van der Waals surface area contributed by atoms with Crippen LogP contribution in [0.1, 0.15) is 41.5 Å². The van der Waals surface area contributed by atoms with Crippen LogP contribution in [0.5, 0.6) is 0 Å². The molecule has 1 amide bonds. The van der Waals surface area contributed by atoms with Gasteiger partial charge in [-0.1, -0.05) is 20.8 Å². The Morgan fingerprint density at radius 3 is 2.26 bits per heavy atom. The average Bonchev–Trinajstić information content (AvgIpc) is 2.34. The third-order valence-corrected chi connectivity index (χ3v) is 4.64. The summed E-state index contributed by atoms with van der Waals surface area (Å²) in [7, 11) is -3.20. The number of nitrogens with one attached hydrogen (secondary N) is 3. The summed E-state index contributed by atoms with van der Waals surface area (Å²) in [4.78, 5) is 11.7. The van der Waals surface area contributed by atoms with Crippen molar-refractivity contribution in [3.8, 4) is 0 Å². The normalized spacial score (nSPS) is 13.9. The third-order valence-electron chi connectivity index (χ3n) is 3.17. The number of sulfonamides is 1. The lowest BCUT2D eigenvalue weighted by Gasteiger charge is -2.24. The molecule has 8 heteroatoms. The first-order chi connectivity index (χ1) is 10.5. The van der Waals surface area contributed by atoms with E-state index in [1.165, 1.54) is 0 Å². The Morgan fingerprint density at radius 1 is 1.17 bits per heavy atom. The number of amides is 1. The van der Waals surface area contributed by atoms with Crippen LogP contribution in [0.15, 0.2) is 0 Å². The highest BCUT2D eigenvalue weighted by atomic mass is 32.2. The van der Waals surface area contributed by atoms with Gasteiger partial charge in [-0.05, 0) is 39.2 Å². The summed E-state index contributed by atoms with van der Waals surface area (Å²) in [6.07, 6.45) is -0.433. The second-order valence-electron chi connectivity index (χ2n) is 6.91. The molecular weight excluding hydrogens is 318 g/mol. The van der Waals surface area contributed by atoms with E-state index >= 15 is 0 Å². The van der Waals surface area contributed by atoms with Gasteiger partial charge in [-0.3, -0.25) is 0 Å². The summed E-state index contributed by atoms with van der Waals surface area (Å²) in [5.41, 5.74) is -0.518. The maximum Gasteiger partial charge on any atom is 0.407 e. The monoisotopic (exact) mass is 351 g/mol. The molecule has 0 fully saturated rings. The van der Waals surface area contributed by atoms with Gasteiger partial charge in [0, 0.05) is 19.6 Å². The van der Waals surface area contributed by atoms with Gasteiger partial charge < -0.3 is 15.4 Å². The molecule has 0 saturated carbocycles. The van der Waals surface area contributed by atoms with Gasteiger partial charge in [-0.2, -0.15) is 0 Å². The summed E-state index contributed by atoms with van der Waals surface area (Å²) in [5.74, 6) is 0.595. The minimum Gasteiger partial charge on any atom is -0.444 e. The van der Waals surface area contributed by atoms with E-state index in [-0.39, 0.29) is 11.7 Å². The molecule has 0 aliphatic rings. The second kappa shape index (κ2) is 10.1. The quantitative estimate of drug-likeness (QED) is 0.516. The molecule has 0 spiro atoms. The van der Waals surface area contributed by atoms with Crippen molar-refractivity contribution in [2.24, 2.45) is 11.8 Å². The van der Waals surface area contributed by atoms with Crippen LogP contribution in [0.4, 0.5) is 4.79 Å². The van der Waals surface area contributed by atoms with E-state index in [0.29, 0.717) is 32.1 Å². The van der Waals surface area contributed by atoms with Crippen molar-refractivity contribution in [3.63, 3.8) is 0 Å². The first-order valence-electron chi connectivity index (χ1n) is 8.11. The highest BCUT2D eigenvalue weighted by Gasteiger charge is 2.19. The molecule has 0 aromatic rings. The Morgan fingerprint density at radius 2 is 1.78 bits per heavy atom. The van der Waals surface area contributed by atoms with E-state index in [1.54, 1.807) is 6.92 Å². The molecule has 0 aromatic carbocycles. The van der Waals surface area contributed by atoms with Gasteiger partial charge in [0.15, 0.2) is 0 Å². The van der Waals surface area contributed by atoms with E-state index in [0.717, 1.165) is 0 Å². The van der Waals surface area contributed by atoms with Crippen LogP contribution in [-0.4, -0.2) is 52.0 Å². The number of hydrogen-bond donors (Lipinski definition) is 3. The van der Waals surface area contributed by atoms with Gasteiger partial charge in [0.1, 0.15) is 5.60 Å². The highest BCUT2D eigenvalue weighted by molar-refractivity contribution is 7.89. The molecule has 0 saturated heterocycles. The van der Waals surface area contributed by atoms with Crippen molar-refractivity contribution < 1.29 is 17.9 Å². The first kappa shape index (κ1) is 22.1. The van der Waals surface area contributed by atoms with E-state index in [2.05, 4.69) is 29.2 Å². The van der Waals surface area contributed by atoms with Crippen molar-refractivity contribution in [2.75, 3.05) is 31.9 Å². The van der Waals surface area contributed by atoms with E-state index < -0.39 is 21.7 Å². The van der Waals surface area contributed by atoms with Gasteiger partial charge in [-0.15, -0.1) is 0 Å². The standard InChI is InChI=1S/C15H33N3O4S/c1-7-18-23(20,21)9-8-16-10-13(12(2)3)11-17-14(19)22-15(4,5)6/h12-13,16,18H,7-11H2,1-6H3,(H,17,19). The van der Waals surface area contributed by atoms with E-state index in [4.69, 9.17) is 4.74 Å².